The number of hydrogen-bond donors (Lipinski definition) is 2. The Morgan fingerprint density at radius 3 is 2.26 bits per heavy atom. The second kappa shape index (κ2) is 6.31. The topological polar surface area (TPSA) is 69.6 Å². The quantitative estimate of drug-likeness (QED) is 0.749. The zero-order chi connectivity index (χ0) is 15.3. The predicted molar refractivity (Wildman–Crippen MR) is 61.3 cm³/mol. The maximum atomic E-state index is 12.7. The molecule has 0 aliphatic carbocycles. The third-order valence-corrected chi connectivity index (χ3v) is 2.41. The van der Waals surface area contributed by atoms with Gasteiger partial charge in [-0.15, -0.1) is 6.42 Å². The first-order valence-electron chi connectivity index (χ1n) is 5.40. The van der Waals surface area contributed by atoms with E-state index in [1.807, 2.05) is 0 Å². The highest BCUT2D eigenvalue weighted by molar-refractivity contribution is 5.86. The van der Waals surface area contributed by atoms with Gasteiger partial charge in [0.2, 0.25) is 5.54 Å². The number of rotatable bonds is 5. The summed E-state index contributed by atoms with van der Waals surface area (Å²) >= 11 is 0. The van der Waals surface area contributed by atoms with Crippen LogP contribution in [-0.4, -0.2) is 46.8 Å². The highest BCUT2D eigenvalue weighted by Crippen LogP contribution is 2.30. The molecule has 0 saturated heterocycles. The maximum Gasteiger partial charge on any atom is 0.422 e. The minimum atomic E-state index is -5.12. The van der Waals surface area contributed by atoms with E-state index < -0.39 is 23.7 Å². The molecule has 1 atom stereocenters. The van der Waals surface area contributed by atoms with Gasteiger partial charge in [-0.25, -0.2) is 9.59 Å². The van der Waals surface area contributed by atoms with Crippen LogP contribution in [0.2, 0.25) is 0 Å². The summed E-state index contributed by atoms with van der Waals surface area (Å²) < 4.78 is 38.1. The molecular weight excluding hydrogens is 265 g/mol. The first-order valence-corrected chi connectivity index (χ1v) is 5.40. The molecule has 0 bridgehead atoms. The molecule has 19 heavy (non-hydrogen) atoms. The molecule has 108 valence electrons. The summed E-state index contributed by atoms with van der Waals surface area (Å²) in [4.78, 5) is 23.3. The standard InChI is InChI=1S/C11H15F3N2O3/c1-4-6-16(7-5-2)9(19)15-10(3,8(17)18)11(12,13)14/h1H,5-7H2,2-3H3,(H,15,19)(H,17,18). The lowest BCUT2D eigenvalue weighted by molar-refractivity contribution is -0.203. The Bertz CT molecular complexity index is 390. The lowest BCUT2D eigenvalue weighted by atomic mass is 10.0. The van der Waals surface area contributed by atoms with E-state index in [4.69, 9.17) is 11.5 Å². The molecule has 0 aromatic carbocycles. The van der Waals surface area contributed by atoms with E-state index in [2.05, 4.69) is 5.92 Å². The van der Waals surface area contributed by atoms with Crippen LogP contribution < -0.4 is 5.32 Å². The van der Waals surface area contributed by atoms with Gasteiger partial charge < -0.3 is 15.3 Å². The molecular formula is C11H15F3N2O3. The number of carbonyl (C=O) groups is 2. The van der Waals surface area contributed by atoms with Crippen molar-refractivity contribution in [1.29, 1.82) is 0 Å². The van der Waals surface area contributed by atoms with Crippen molar-refractivity contribution in [3.8, 4) is 12.3 Å². The van der Waals surface area contributed by atoms with E-state index in [0.29, 0.717) is 13.3 Å². The summed E-state index contributed by atoms with van der Waals surface area (Å²) in [5, 5.41) is 10.1. The van der Waals surface area contributed by atoms with Crippen molar-refractivity contribution >= 4 is 12.0 Å². The number of urea groups is 1. The number of amides is 2. The molecule has 2 amide bonds. The van der Waals surface area contributed by atoms with Gasteiger partial charge in [0.1, 0.15) is 0 Å². The van der Waals surface area contributed by atoms with Crippen molar-refractivity contribution in [2.75, 3.05) is 13.1 Å². The Labute approximate surface area is 108 Å². The second-order valence-electron chi connectivity index (χ2n) is 3.98. The normalized spacial score (nSPS) is 14.1. The SMILES string of the molecule is C#CCN(CCC)C(=O)NC(C)(C(=O)O)C(F)(F)F. The van der Waals surface area contributed by atoms with Crippen LogP contribution >= 0.6 is 0 Å². The Morgan fingerprint density at radius 2 is 1.95 bits per heavy atom. The van der Waals surface area contributed by atoms with Crippen molar-refractivity contribution in [3.05, 3.63) is 0 Å². The van der Waals surface area contributed by atoms with Crippen LogP contribution in [0.3, 0.4) is 0 Å². The Kier molecular flexibility index (Phi) is 5.68. The number of carbonyl (C=O) groups excluding carboxylic acids is 1. The van der Waals surface area contributed by atoms with Crippen molar-refractivity contribution in [1.82, 2.24) is 10.2 Å². The first kappa shape index (κ1) is 17.1. The van der Waals surface area contributed by atoms with Gasteiger partial charge in [-0.1, -0.05) is 12.8 Å². The molecule has 0 aliphatic rings. The molecule has 1 unspecified atom stereocenters. The molecule has 2 N–H and O–H groups in total. The molecule has 0 rings (SSSR count). The number of alkyl halides is 3. The minimum absolute atomic E-state index is 0.129. The number of nitrogens with zero attached hydrogens (tertiary/aromatic N) is 1. The summed E-state index contributed by atoms with van der Waals surface area (Å²) in [7, 11) is 0. The minimum Gasteiger partial charge on any atom is -0.479 e. The Balaban J connectivity index is 5.11. The van der Waals surface area contributed by atoms with Crippen molar-refractivity contribution in [2.45, 2.75) is 32.0 Å². The summed E-state index contributed by atoms with van der Waals surface area (Å²) in [5.74, 6) is -0.0657. The number of carboxylic acids is 1. The molecule has 8 heteroatoms. The number of halogens is 3. The molecule has 5 nitrogen and oxygen atoms in total. The molecule has 0 heterocycles. The summed E-state index contributed by atoms with van der Waals surface area (Å²) in [5.41, 5.74) is -3.36. The number of aliphatic carboxylic acids is 1. The molecule has 0 aliphatic heterocycles. The third kappa shape index (κ3) is 4.05. The van der Waals surface area contributed by atoms with Gasteiger partial charge in [0.05, 0.1) is 6.54 Å². The number of carboxylic acid groups (broad SMARTS) is 1. The van der Waals surface area contributed by atoms with Gasteiger partial charge in [0.15, 0.2) is 0 Å². The van der Waals surface area contributed by atoms with Gasteiger partial charge >= 0.3 is 18.2 Å². The van der Waals surface area contributed by atoms with Crippen LogP contribution in [0.4, 0.5) is 18.0 Å². The maximum absolute atomic E-state index is 12.7. The summed E-state index contributed by atoms with van der Waals surface area (Å²) in [6, 6.07) is -1.16. The fraction of sp³-hybridized carbons (Fsp3) is 0.636. The highest BCUT2D eigenvalue weighted by atomic mass is 19.4. The lowest BCUT2D eigenvalue weighted by Crippen LogP contribution is -2.64. The average Bonchev–Trinajstić information content (AvgIpc) is 2.26. The smallest absolute Gasteiger partial charge is 0.422 e. The van der Waals surface area contributed by atoms with Crippen LogP contribution in [0.25, 0.3) is 0 Å². The van der Waals surface area contributed by atoms with Crippen molar-refractivity contribution < 1.29 is 27.9 Å². The molecule has 0 radical (unpaired) electrons. The van der Waals surface area contributed by atoms with Gasteiger partial charge in [0.25, 0.3) is 0 Å². The van der Waals surface area contributed by atoms with Gasteiger partial charge in [-0.2, -0.15) is 13.2 Å². The number of hydrogen-bond acceptors (Lipinski definition) is 2. The monoisotopic (exact) mass is 280 g/mol. The van der Waals surface area contributed by atoms with Gasteiger partial charge in [-0.3, -0.25) is 0 Å². The van der Waals surface area contributed by atoms with Gasteiger partial charge in [0, 0.05) is 6.54 Å². The molecule has 0 aromatic rings. The van der Waals surface area contributed by atoms with E-state index in [9.17, 15) is 22.8 Å². The van der Waals surface area contributed by atoms with E-state index in [1.165, 1.54) is 5.32 Å². The second-order valence-corrected chi connectivity index (χ2v) is 3.98. The van der Waals surface area contributed by atoms with E-state index in [-0.39, 0.29) is 13.1 Å². The van der Waals surface area contributed by atoms with Crippen LogP contribution in [0, 0.1) is 12.3 Å². The molecule has 0 spiro atoms. The summed E-state index contributed by atoms with van der Waals surface area (Å²) in [6.45, 7) is 2.01. The largest absolute Gasteiger partial charge is 0.479 e. The van der Waals surface area contributed by atoms with E-state index in [1.54, 1.807) is 6.92 Å². The predicted octanol–water partition coefficient (Wildman–Crippen LogP) is 1.45. The lowest BCUT2D eigenvalue weighted by Gasteiger charge is -2.31. The van der Waals surface area contributed by atoms with Gasteiger partial charge in [-0.05, 0) is 13.3 Å². The molecule has 0 aromatic heterocycles. The zero-order valence-corrected chi connectivity index (χ0v) is 10.5. The molecule has 0 saturated carbocycles. The van der Waals surface area contributed by atoms with E-state index in [0.717, 1.165) is 4.90 Å². The van der Waals surface area contributed by atoms with E-state index >= 15 is 0 Å². The third-order valence-electron chi connectivity index (χ3n) is 2.41. The van der Waals surface area contributed by atoms with Crippen LogP contribution in [0.15, 0.2) is 0 Å². The van der Waals surface area contributed by atoms with Crippen molar-refractivity contribution in [2.24, 2.45) is 0 Å². The fourth-order valence-corrected chi connectivity index (χ4v) is 1.17. The Hall–Kier alpha value is -1.91. The highest BCUT2D eigenvalue weighted by Gasteiger charge is 2.58. The van der Waals surface area contributed by atoms with Crippen LogP contribution in [0.1, 0.15) is 20.3 Å². The van der Waals surface area contributed by atoms with Crippen molar-refractivity contribution in [3.63, 3.8) is 0 Å². The average molecular weight is 280 g/mol. The first-order chi connectivity index (χ1) is 8.60. The fourth-order valence-electron chi connectivity index (χ4n) is 1.17. The van der Waals surface area contributed by atoms with Crippen LogP contribution in [0.5, 0.6) is 0 Å². The zero-order valence-electron chi connectivity index (χ0n) is 10.5. The van der Waals surface area contributed by atoms with Crippen LogP contribution in [-0.2, 0) is 4.79 Å². The summed E-state index contributed by atoms with van der Waals surface area (Å²) in [6.07, 6.45) is 0.351. The Morgan fingerprint density at radius 1 is 1.42 bits per heavy atom. The number of nitrogens with one attached hydrogen (secondary N) is 1. The number of terminal acetylenes is 1. The molecule has 0 fully saturated rings.